The van der Waals surface area contributed by atoms with Gasteiger partial charge in [0.25, 0.3) is 0 Å². The maximum atomic E-state index is 12.7. The highest BCUT2D eigenvalue weighted by Crippen LogP contribution is 2.32. The largest absolute Gasteiger partial charge is 0.444 e. The minimum Gasteiger partial charge on any atom is -0.444 e. The predicted molar refractivity (Wildman–Crippen MR) is 103 cm³/mol. The van der Waals surface area contributed by atoms with Gasteiger partial charge in [0, 0.05) is 13.5 Å². The highest BCUT2D eigenvalue weighted by atomic mass is 16.6. The van der Waals surface area contributed by atoms with Crippen LogP contribution >= 0.6 is 0 Å². The van der Waals surface area contributed by atoms with Crippen LogP contribution in [0.3, 0.4) is 0 Å². The van der Waals surface area contributed by atoms with Crippen molar-refractivity contribution in [2.75, 3.05) is 13.2 Å². The minimum atomic E-state index is -0.724. The molecule has 1 rings (SSSR count). The summed E-state index contributed by atoms with van der Waals surface area (Å²) in [6.07, 6.45) is 4.45. The third-order valence-corrected chi connectivity index (χ3v) is 4.36. The molecule has 148 valence electrons. The van der Waals surface area contributed by atoms with E-state index in [1.165, 1.54) is 6.92 Å². The molecule has 0 radical (unpaired) electrons. The Balaban J connectivity index is 2.85. The molecule has 0 aliphatic carbocycles. The zero-order valence-corrected chi connectivity index (χ0v) is 17.1. The fourth-order valence-electron chi connectivity index (χ4n) is 3.18. The van der Waals surface area contributed by atoms with Gasteiger partial charge in [0.2, 0.25) is 5.91 Å². The lowest BCUT2D eigenvalue weighted by Gasteiger charge is -2.36. The van der Waals surface area contributed by atoms with Crippen LogP contribution in [0.5, 0.6) is 0 Å². The van der Waals surface area contributed by atoms with Gasteiger partial charge < -0.3 is 14.4 Å². The average Bonchev–Trinajstić information content (AvgIpc) is 2.79. The Labute approximate surface area is 157 Å². The Morgan fingerprint density at radius 3 is 2.46 bits per heavy atom. The first-order valence-corrected chi connectivity index (χ1v) is 9.10. The topological polar surface area (TPSA) is 59.1 Å². The average molecular weight is 367 g/mol. The Morgan fingerprint density at radius 1 is 1.38 bits per heavy atom. The summed E-state index contributed by atoms with van der Waals surface area (Å²) in [5.41, 5.74) is -1.29. The summed E-state index contributed by atoms with van der Waals surface area (Å²) < 4.78 is 11.4. The second-order valence-electron chi connectivity index (χ2n) is 8.10. The Morgan fingerprint density at radius 2 is 2.00 bits per heavy atom. The van der Waals surface area contributed by atoms with E-state index in [0.717, 1.165) is 0 Å². The van der Waals surface area contributed by atoms with Crippen molar-refractivity contribution in [3.63, 3.8) is 0 Å². The van der Waals surface area contributed by atoms with E-state index in [2.05, 4.69) is 13.2 Å². The molecule has 1 aliphatic rings. The molecule has 0 aromatic carbocycles. The van der Waals surface area contributed by atoms with Crippen molar-refractivity contribution in [3.05, 3.63) is 25.3 Å². The van der Waals surface area contributed by atoms with Gasteiger partial charge in [-0.25, -0.2) is 4.79 Å². The summed E-state index contributed by atoms with van der Waals surface area (Å²) in [7, 11) is 0. The van der Waals surface area contributed by atoms with Crippen LogP contribution in [-0.4, -0.2) is 58.4 Å². The van der Waals surface area contributed by atoms with Crippen LogP contribution in [0.25, 0.3) is 0 Å². The van der Waals surface area contributed by atoms with Gasteiger partial charge in [0.15, 0.2) is 0 Å². The smallest absolute Gasteiger partial charge is 0.412 e. The van der Waals surface area contributed by atoms with Crippen LogP contribution < -0.4 is 0 Å². The zero-order chi connectivity index (χ0) is 20.1. The minimum absolute atomic E-state index is 0.0261. The van der Waals surface area contributed by atoms with Crippen molar-refractivity contribution >= 4 is 12.0 Å². The van der Waals surface area contributed by atoms with E-state index in [1.54, 1.807) is 22.0 Å². The number of nitrogens with zero attached hydrogens (tertiary/aromatic N) is 2. The number of hydrogen-bond acceptors (Lipinski definition) is 4. The van der Waals surface area contributed by atoms with Crippen LogP contribution in [0.2, 0.25) is 0 Å². The summed E-state index contributed by atoms with van der Waals surface area (Å²) in [5, 5.41) is 0. The molecule has 6 nitrogen and oxygen atoms in total. The number of amides is 2. The highest BCUT2D eigenvalue weighted by Gasteiger charge is 2.45. The molecule has 0 aromatic rings. The van der Waals surface area contributed by atoms with E-state index in [9.17, 15) is 9.59 Å². The standard InChI is InChI=1S/C20H34N2O4/c1-9-13-21(15(3)23)16(10-2)11-12-17-14-25-20(7,8)22(17)18(24)26-19(4,5)6/h9-10,16-17H,1-2,11-14H2,3-8H3/t16?,17-/m1/s1. The second-order valence-corrected chi connectivity index (χ2v) is 8.10. The van der Waals surface area contributed by atoms with Gasteiger partial charge in [-0.15, -0.1) is 13.2 Å². The molecule has 6 heteroatoms. The lowest BCUT2D eigenvalue weighted by atomic mass is 10.0. The summed E-state index contributed by atoms with van der Waals surface area (Å²) in [6, 6.07) is -0.227. The van der Waals surface area contributed by atoms with Gasteiger partial charge in [0.05, 0.1) is 18.7 Å². The molecular formula is C20H34N2O4. The van der Waals surface area contributed by atoms with Crippen LogP contribution in [0.15, 0.2) is 25.3 Å². The molecule has 0 aromatic heterocycles. The number of ether oxygens (including phenoxy) is 2. The van der Waals surface area contributed by atoms with Crippen LogP contribution in [-0.2, 0) is 14.3 Å². The Hall–Kier alpha value is -1.82. The number of rotatable bonds is 7. The van der Waals surface area contributed by atoms with E-state index in [1.807, 2.05) is 34.6 Å². The summed E-state index contributed by atoms with van der Waals surface area (Å²) in [4.78, 5) is 27.9. The molecule has 0 bridgehead atoms. The molecule has 0 spiro atoms. The lowest BCUT2D eigenvalue weighted by Crippen LogP contribution is -2.50. The molecule has 1 saturated heterocycles. The SMILES string of the molecule is C=CCN(C(C)=O)C(C=C)CC[C@@H]1COC(C)(C)N1C(=O)OC(C)(C)C. The van der Waals surface area contributed by atoms with Gasteiger partial charge in [-0.2, -0.15) is 0 Å². The van der Waals surface area contributed by atoms with Gasteiger partial charge in [-0.3, -0.25) is 9.69 Å². The van der Waals surface area contributed by atoms with Crippen molar-refractivity contribution < 1.29 is 19.1 Å². The highest BCUT2D eigenvalue weighted by molar-refractivity contribution is 5.74. The number of hydrogen-bond donors (Lipinski definition) is 0. The third-order valence-electron chi connectivity index (χ3n) is 4.36. The van der Waals surface area contributed by atoms with E-state index in [-0.39, 0.29) is 24.1 Å². The molecule has 0 saturated carbocycles. The van der Waals surface area contributed by atoms with E-state index >= 15 is 0 Å². The summed E-state index contributed by atoms with van der Waals surface area (Å²) in [5.74, 6) is -0.0261. The van der Waals surface area contributed by atoms with Crippen molar-refractivity contribution in [2.24, 2.45) is 0 Å². The maximum Gasteiger partial charge on any atom is 0.412 e. The van der Waals surface area contributed by atoms with Crippen molar-refractivity contribution in [1.82, 2.24) is 9.80 Å². The van der Waals surface area contributed by atoms with Gasteiger partial charge in [-0.1, -0.05) is 12.2 Å². The van der Waals surface area contributed by atoms with Crippen molar-refractivity contribution in [1.29, 1.82) is 0 Å². The first-order valence-electron chi connectivity index (χ1n) is 9.10. The molecule has 2 atom stereocenters. The number of carbonyl (C=O) groups excluding carboxylic acids is 2. The van der Waals surface area contributed by atoms with E-state index in [0.29, 0.717) is 26.0 Å². The summed E-state index contributed by atoms with van der Waals surface area (Å²) in [6.45, 7) is 19.3. The van der Waals surface area contributed by atoms with Gasteiger partial charge in [-0.05, 0) is 47.5 Å². The normalized spacial score (nSPS) is 20.4. The molecule has 1 fully saturated rings. The Bertz CT molecular complexity index is 536. The molecule has 2 amide bonds. The first-order chi connectivity index (χ1) is 11.9. The third kappa shape index (κ3) is 5.87. The van der Waals surface area contributed by atoms with Crippen molar-refractivity contribution in [3.8, 4) is 0 Å². The lowest BCUT2D eigenvalue weighted by molar-refractivity contribution is -0.129. The summed E-state index contributed by atoms with van der Waals surface area (Å²) >= 11 is 0. The fourth-order valence-corrected chi connectivity index (χ4v) is 3.18. The van der Waals surface area contributed by atoms with E-state index in [4.69, 9.17) is 9.47 Å². The molecular weight excluding hydrogens is 332 g/mol. The quantitative estimate of drug-likeness (QED) is 0.644. The van der Waals surface area contributed by atoms with Gasteiger partial charge >= 0.3 is 6.09 Å². The van der Waals surface area contributed by atoms with Gasteiger partial charge in [0.1, 0.15) is 11.3 Å². The van der Waals surface area contributed by atoms with Crippen LogP contribution in [0.4, 0.5) is 4.79 Å². The van der Waals surface area contributed by atoms with Crippen LogP contribution in [0, 0.1) is 0 Å². The predicted octanol–water partition coefficient (Wildman–Crippen LogP) is 3.73. The Kier molecular flexibility index (Phi) is 7.45. The molecule has 1 heterocycles. The fraction of sp³-hybridized carbons (Fsp3) is 0.700. The first kappa shape index (κ1) is 22.2. The van der Waals surface area contributed by atoms with Crippen molar-refractivity contribution in [2.45, 2.75) is 77.8 Å². The second kappa shape index (κ2) is 8.71. The van der Waals surface area contributed by atoms with Crippen LogP contribution in [0.1, 0.15) is 54.4 Å². The maximum absolute atomic E-state index is 12.7. The van der Waals surface area contributed by atoms with E-state index < -0.39 is 11.3 Å². The molecule has 26 heavy (non-hydrogen) atoms. The zero-order valence-electron chi connectivity index (χ0n) is 17.1. The molecule has 0 N–H and O–H groups in total. The molecule has 1 aliphatic heterocycles. The number of carbonyl (C=O) groups is 2. The molecule has 1 unspecified atom stereocenters. The monoisotopic (exact) mass is 366 g/mol.